The molecular formula is C8H16O3. The third-order valence-electron chi connectivity index (χ3n) is 0.801. The van der Waals surface area contributed by atoms with Gasteiger partial charge in [0.15, 0.2) is 0 Å². The van der Waals surface area contributed by atoms with Crippen LogP contribution in [0.25, 0.3) is 0 Å². The number of carbonyl (C=O) groups is 1. The number of esters is 1. The van der Waals surface area contributed by atoms with Crippen LogP contribution >= 0.6 is 0 Å². The first-order valence-corrected chi connectivity index (χ1v) is 3.49. The molecule has 0 fully saturated rings. The van der Waals surface area contributed by atoms with E-state index in [1.807, 2.05) is 0 Å². The number of aliphatic hydroxyl groups excluding tert-OH is 1. The van der Waals surface area contributed by atoms with Crippen LogP contribution in [0.5, 0.6) is 0 Å². The van der Waals surface area contributed by atoms with Crippen molar-refractivity contribution in [2.24, 2.45) is 0 Å². The van der Waals surface area contributed by atoms with Crippen molar-refractivity contribution in [3.05, 3.63) is 0 Å². The summed E-state index contributed by atoms with van der Waals surface area (Å²) in [5, 5.41) is 8.56. The van der Waals surface area contributed by atoms with Crippen LogP contribution in [0.2, 0.25) is 0 Å². The van der Waals surface area contributed by atoms with Crippen LogP contribution in [0.15, 0.2) is 0 Å². The second kappa shape index (κ2) is 4.34. The first kappa shape index (κ1) is 7.10. The van der Waals surface area contributed by atoms with Gasteiger partial charge in [-0.25, -0.2) is 0 Å². The minimum atomic E-state index is -1.89. The van der Waals surface area contributed by atoms with Crippen molar-refractivity contribution in [3.63, 3.8) is 0 Å². The first-order valence-electron chi connectivity index (χ1n) is 4.49. The van der Waals surface area contributed by atoms with E-state index in [-0.39, 0.29) is 0 Å². The van der Waals surface area contributed by atoms with E-state index < -0.39 is 31.0 Å². The van der Waals surface area contributed by atoms with E-state index in [1.54, 1.807) is 20.8 Å². The third-order valence-corrected chi connectivity index (χ3v) is 0.801. The predicted molar refractivity (Wildman–Crippen MR) is 42.2 cm³/mol. The van der Waals surface area contributed by atoms with E-state index in [0.29, 0.717) is 0 Å². The van der Waals surface area contributed by atoms with Gasteiger partial charge in [0.05, 0.1) is 0 Å². The molecule has 11 heavy (non-hydrogen) atoms. The average Bonchev–Trinajstić information content (AvgIpc) is 1.81. The second-order valence-corrected chi connectivity index (χ2v) is 3.17. The normalized spacial score (nSPS) is 15.3. The lowest BCUT2D eigenvalue weighted by molar-refractivity contribution is -0.155. The lowest BCUT2D eigenvalue weighted by atomic mass is 10.2. The van der Waals surface area contributed by atoms with Gasteiger partial charge in [0.25, 0.3) is 0 Å². The molecule has 3 nitrogen and oxygen atoms in total. The van der Waals surface area contributed by atoms with Crippen LogP contribution in [-0.4, -0.2) is 23.3 Å². The maximum atomic E-state index is 11.1. The fraction of sp³-hybridized carbons (Fsp3) is 0.875. The van der Waals surface area contributed by atoms with Gasteiger partial charge in [-0.2, -0.15) is 0 Å². The minimum Gasteiger partial charge on any atom is -0.460 e. The van der Waals surface area contributed by atoms with Gasteiger partial charge >= 0.3 is 5.97 Å². The molecule has 0 atom stereocenters. The van der Waals surface area contributed by atoms with E-state index >= 15 is 0 Å². The topological polar surface area (TPSA) is 46.5 Å². The molecule has 0 aromatic rings. The minimum absolute atomic E-state index is 0.416. The Morgan fingerprint density at radius 3 is 2.55 bits per heavy atom. The van der Waals surface area contributed by atoms with Gasteiger partial charge in [0, 0.05) is 15.8 Å². The molecule has 0 saturated carbocycles. The molecule has 0 unspecified atom stereocenters. The lowest BCUT2D eigenvalue weighted by Crippen LogP contribution is -2.23. The number of hydrogen-bond acceptors (Lipinski definition) is 3. The van der Waals surface area contributed by atoms with Crippen molar-refractivity contribution < 1.29 is 17.4 Å². The molecule has 0 spiro atoms. The number of ether oxygens (including phenoxy) is 1. The zero-order valence-electron chi connectivity index (χ0n) is 9.18. The Balaban J connectivity index is 4.03. The molecule has 0 aliphatic rings. The Kier molecular flexibility index (Phi) is 2.80. The van der Waals surface area contributed by atoms with Crippen molar-refractivity contribution in [1.82, 2.24) is 0 Å². The monoisotopic (exact) mass is 162 g/mol. The molecule has 0 aromatic carbocycles. The van der Waals surface area contributed by atoms with Gasteiger partial charge in [-0.1, -0.05) is 0 Å². The molecule has 0 bridgehead atoms. The molecule has 0 aliphatic carbocycles. The zero-order valence-corrected chi connectivity index (χ0v) is 7.18. The number of aliphatic hydroxyl groups is 1. The standard InChI is InChI=1S/C8H16O3/c1-8(2,3)11-7(10)5-4-6-9/h9H,4-6H2,1-3H3/i4D2. The molecular weight excluding hydrogens is 144 g/mol. The summed E-state index contributed by atoms with van der Waals surface area (Å²) in [6, 6.07) is 0. The number of hydrogen-bond donors (Lipinski definition) is 1. The van der Waals surface area contributed by atoms with Crippen LogP contribution < -0.4 is 0 Å². The van der Waals surface area contributed by atoms with Crippen LogP contribution in [0.4, 0.5) is 0 Å². The Labute approximate surface area is 70.2 Å². The summed E-state index contributed by atoms with van der Waals surface area (Å²) in [6.45, 7) is 4.45. The van der Waals surface area contributed by atoms with Crippen LogP contribution in [0.1, 0.15) is 36.3 Å². The highest BCUT2D eigenvalue weighted by atomic mass is 16.6. The van der Waals surface area contributed by atoms with Gasteiger partial charge in [0.1, 0.15) is 5.60 Å². The predicted octanol–water partition coefficient (Wildman–Crippen LogP) is 1.10. The number of rotatable bonds is 3. The first-order chi connectivity index (χ1) is 5.66. The summed E-state index contributed by atoms with van der Waals surface area (Å²) in [4.78, 5) is 11.1. The highest BCUT2D eigenvalue weighted by Gasteiger charge is 2.15. The van der Waals surface area contributed by atoms with E-state index in [9.17, 15) is 4.79 Å². The van der Waals surface area contributed by atoms with E-state index in [2.05, 4.69) is 0 Å². The Morgan fingerprint density at radius 2 is 2.18 bits per heavy atom. The summed E-state index contributed by atoms with van der Waals surface area (Å²) in [5.41, 5.74) is -0.609. The average molecular weight is 162 g/mol. The summed E-state index contributed by atoms with van der Waals surface area (Å²) >= 11 is 0. The van der Waals surface area contributed by atoms with Crippen molar-refractivity contribution in [3.8, 4) is 0 Å². The maximum Gasteiger partial charge on any atom is 0.306 e. The molecule has 3 heteroatoms. The fourth-order valence-corrected chi connectivity index (χ4v) is 0.536. The molecule has 0 saturated heterocycles. The fourth-order valence-electron chi connectivity index (χ4n) is 0.536. The third kappa shape index (κ3) is 7.33. The number of carbonyl (C=O) groups excluding carboxylic acids is 1. The Hall–Kier alpha value is -0.570. The van der Waals surface area contributed by atoms with Gasteiger partial charge in [-0.15, -0.1) is 0 Å². The van der Waals surface area contributed by atoms with Gasteiger partial charge in [-0.3, -0.25) is 4.79 Å². The summed E-state index contributed by atoms with van der Waals surface area (Å²) in [5.74, 6) is -0.633. The molecule has 0 aromatic heterocycles. The second-order valence-electron chi connectivity index (χ2n) is 3.17. The smallest absolute Gasteiger partial charge is 0.306 e. The Morgan fingerprint density at radius 1 is 1.64 bits per heavy atom. The van der Waals surface area contributed by atoms with Crippen molar-refractivity contribution in [2.45, 2.75) is 39.2 Å². The molecule has 0 heterocycles. The van der Waals surface area contributed by atoms with E-state index in [1.165, 1.54) is 0 Å². The Bertz CT molecular complexity index is 184. The van der Waals surface area contributed by atoms with Crippen LogP contribution in [-0.2, 0) is 9.53 Å². The van der Waals surface area contributed by atoms with Gasteiger partial charge < -0.3 is 9.84 Å². The van der Waals surface area contributed by atoms with E-state index in [0.717, 1.165) is 0 Å². The SMILES string of the molecule is [2H]C([2H])(CO)CC(=O)OC(C)(C)C. The highest BCUT2D eigenvalue weighted by Crippen LogP contribution is 2.08. The quantitative estimate of drug-likeness (QED) is 0.632. The van der Waals surface area contributed by atoms with Crippen molar-refractivity contribution >= 4 is 5.97 Å². The molecule has 1 N–H and O–H groups in total. The molecule has 66 valence electrons. The summed E-state index contributed by atoms with van der Waals surface area (Å²) in [7, 11) is 0. The van der Waals surface area contributed by atoms with Crippen molar-refractivity contribution in [2.75, 3.05) is 6.61 Å². The summed E-state index contributed by atoms with van der Waals surface area (Å²) < 4.78 is 19.1. The molecule has 0 rings (SSSR count). The van der Waals surface area contributed by atoms with E-state index in [4.69, 9.17) is 12.6 Å². The molecule has 0 amide bonds. The largest absolute Gasteiger partial charge is 0.460 e. The molecule has 0 radical (unpaired) electrons. The summed E-state index contributed by atoms with van der Waals surface area (Å²) in [6.07, 6.45) is -2.30. The van der Waals surface area contributed by atoms with Crippen LogP contribution in [0, 0.1) is 0 Å². The lowest BCUT2D eigenvalue weighted by Gasteiger charge is -2.19. The maximum absolute atomic E-state index is 11.1. The van der Waals surface area contributed by atoms with Gasteiger partial charge in [-0.05, 0) is 27.1 Å². The van der Waals surface area contributed by atoms with Gasteiger partial charge in [0.2, 0.25) is 0 Å². The highest BCUT2D eigenvalue weighted by molar-refractivity contribution is 5.69. The van der Waals surface area contributed by atoms with Crippen molar-refractivity contribution in [1.29, 1.82) is 0 Å². The molecule has 0 aliphatic heterocycles. The van der Waals surface area contributed by atoms with Crippen LogP contribution in [0.3, 0.4) is 0 Å². The zero-order chi connectivity index (χ0) is 10.7.